The van der Waals surface area contributed by atoms with Crippen LogP contribution in [0.5, 0.6) is 0 Å². The highest BCUT2D eigenvalue weighted by Gasteiger charge is 2.25. The second-order valence-corrected chi connectivity index (χ2v) is 3.03. The number of nitrogens with zero attached hydrogens (tertiary/aromatic N) is 1. The summed E-state index contributed by atoms with van der Waals surface area (Å²) in [5.74, 6) is 0. The lowest BCUT2D eigenvalue weighted by Crippen LogP contribution is -2.56. The lowest BCUT2D eigenvalue weighted by molar-refractivity contribution is 0.0844. The van der Waals surface area contributed by atoms with E-state index in [4.69, 9.17) is 5.11 Å². The van der Waals surface area contributed by atoms with Crippen molar-refractivity contribution in [2.24, 2.45) is 0 Å². The fourth-order valence-corrected chi connectivity index (χ4v) is 1.28. The largest absolute Gasteiger partial charge is 0.465 e. The van der Waals surface area contributed by atoms with E-state index in [2.05, 4.69) is 5.32 Å². The molecule has 1 aliphatic rings. The van der Waals surface area contributed by atoms with Crippen molar-refractivity contribution in [1.29, 1.82) is 0 Å². The Morgan fingerprint density at radius 2 is 2.42 bits per heavy atom. The Kier molecular flexibility index (Phi) is 2.88. The molecule has 5 nitrogen and oxygen atoms in total. The normalized spacial score (nSPS) is 26.8. The molecule has 1 amide bonds. The molecule has 0 spiro atoms. The van der Waals surface area contributed by atoms with E-state index in [-0.39, 0.29) is 6.04 Å². The van der Waals surface area contributed by atoms with Crippen LogP contribution in [0.4, 0.5) is 4.79 Å². The van der Waals surface area contributed by atoms with Crippen LogP contribution in [0.3, 0.4) is 0 Å². The third kappa shape index (κ3) is 2.09. The Labute approximate surface area is 71.0 Å². The van der Waals surface area contributed by atoms with Crippen LogP contribution in [-0.4, -0.2) is 53.0 Å². The number of carbonyl (C=O) groups is 1. The number of aliphatic hydroxyl groups is 1. The van der Waals surface area contributed by atoms with Crippen LogP contribution < -0.4 is 5.32 Å². The molecule has 5 heteroatoms. The third-order valence-corrected chi connectivity index (χ3v) is 2.06. The van der Waals surface area contributed by atoms with E-state index in [1.165, 1.54) is 4.90 Å². The molecule has 0 aromatic rings. The fourth-order valence-electron chi connectivity index (χ4n) is 1.28. The van der Waals surface area contributed by atoms with Gasteiger partial charge >= 0.3 is 6.09 Å². The molecule has 0 radical (unpaired) electrons. The molecule has 12 heavy (non-hydrogen) atoms. The van der Waals surface area contributed by atoms with E-state index < -0.39 is 12.2 Å². The maximum absolute atomic E-state index is 10.5. The first kappa shape index (κ1) is 9.28. The minimum Gasteiger partial charge on any atom is -0.465 e. The molecular weight excluding hydrogens is 160 g/mol. The van der Waals surface area contributed by atoms with Gasteiger partial charge in [0, 0.05) is 19.6 Å². The molecule has 1 aliphatic heterocycles. The zero-order valence-electron chi connectivity index (χ0n) is 7.03. The van der Waals surface area contributed by atoms with Gasteiger partial charge < -0.3 is 20.4 Å². The predicted octanol–water partition coefficient (Wildman–Crippen LogP) is -0.681. The first-order valence-corrected chi connectivity index (χ1v) is 4.00. The summed E-state index contributed by atoms with van der Waals surface area (Å²) in [6, 6.07) is -0.130. The van der Waals surface area contributed by atoms with Gasteiger partial charge in [-0.3, -0.25) is 0 Å². The minimum absolute atomic E-state index is 0.130. The fraction of sp³-hybridized carbons (Fsp3) is 0.857. The van der Waals surface area contributed by atoms with Crippen LogP contribution in [0.15, 0.2) is 0 Å². The number of amides is 1. The van der Waals surface area contributed by atoms with Gasteiger partial charge in [0.1, 0.15) is 0 Å². The van der Waals surface area contributed by atoms with E-state index in [0.717, 1.165) is 0 Å². The van der Waals surface area contributed by atoms with Gasteiger partial charge in [0.15, 0.2) is 0 Å². The van der Waals surface area contributed by atoms with Crippen LogP contribution >= 0.6 is 0 Å². The highest BCUT2D eigenvalue weighted by Crippen LogP contribution is 2.02. The molecule has 1 saturated heterocycles. The monoisotopic (exact) mass is 174 g/mol. The molecule has 0 bridgehead atoms. The van der Waals surface area contributed by atoms with E-state index in [9.17, 15) is 9.90 Å². The number of rotatable bonds is 1. The third-order valence-electron chi connectivity index (χ3n) is 2.06. The molecule has 3 N–H and O–H groups in total. The van der Waals surface area contributed by atoms with Crippen molar-refractivity contribution < 1.29 is 15.0 Å². The molecule has 1 heterocycles. The van der Waals surface area contributed by atoms with E-state index in [0.29, 0.717) is 19.6 Å². The predicted molar refractivity (Wildman–Crippen MR) is 43.1 cm³/mol. The molecular formula is C7H14N2O3. The zero-order valence-corrected chi connectivity index (χ0v) is 7.03. The Morgan fingerprint density at radius 3 is 2.92 bits per heavy atom. The minimum atomic E-state index is -0.915. The molecule has 0 aromatic carbocycles. The van der Waals surface area contributed by atoms with Gasteiger partial charge in [-0.1, -0.05) is 0 Å². The molecule has 1 fully saturated rings. The standard InChI is InChI=1S/C7H14N2O3/c1-5(10)6-4-9(7(11)12)3-2-8-6/h5-6,8,10H,2-4H2,1H3,(H,11,12). The van der Waals surface area contributed by atoms with Crippen LogP contribution in [0.1, 0.15) is 6.92 Å². The van der Waals surface area contributed by atoms with Crippen molar-refractivity contribution in [3.8, 4) is 0 Å². The number of carboxylic acid groups (broad SMARTS) is 1. The van der Waals surface area contributed by atoms with Gasteiger partial charge in [-0.15, -0.1) is 0 Å². The summed E-state index contributed by atoms with van der Waals surface area (Å²) in [6.45, 7) is 3.14. The summed E-state index contributed by atoms with van der Waals surface area (Å²) in [5, 5.41) is 20.9. The van der Waals surface area contributed by atoms with Gasteiger partial charge in [-0.05, 0) is 6.92 Å². The molecule has 0 aromatic heterocycles. The summed E-state index contributed by atoms with van der Waals surface area (Å²) >= 11 is 0. The van der Waals surface area contributed by atoms with Crippen LogP contribution in [-0.2, 0) is 0 Å². The topological polar surface area (TPSA) is 72.8 Å². The molecule has 70 valence electrons. The number of aliphatic hydroxyl groups excluding tert-OH is 1. The van der Waals surface area contributed by atoms with Crippen LogP contribution in [0.2, 0.25) is 0 Å². The first-order valence-electron chi connectivity index (χ1n) is 4.00. The summed E-state index contributed by atoms with van der Waals surface area (Å²) in [7, 11) is 0. The number of hydrogen-bond donors (Lipinski definition) is 3. The summed E-state index contributed by atoms with van der Waals surface area (Å²) in [4.78, 5) is 11.9. The number of piperazine rings is 1. The van der Waals surface area contributed by atoms with Crippen molar-refractivity contribution in [1.82, 2.24) is 10.2 Å². The maximum Gasteiger partial charge on any atom is 0.407 e. The highest BCUT2D eigenvalue weighted by atomic mass is 16.4. The van der Waals surface area contributed by atoms with Gasteiger partial charge in [0.25, 0.3) is 0 Å². The maximum atomic E-state index is 10.5. The van der Waals surface area contributed by atoms with Crippen molar-refractivity contribution in [2.75, 3.05) is 19.6 Å². The lowest BCUT2D eigenvalue weighted by atomic mass is 10.1. The summed E-state index contributed by atoms with van der Waals surface area (Å²) < 4.78 is 0. The average molecular weight is 174 g/mol. The van der Waals surface area contributed by atoms with E-state index in [1.807, 2.05) is 0 Å². The molecule has 0 saturated carbocycles. The summed E-state index contributed by atoms with van der Waals surface area (Å²) in [5.41, 5.74) is 0. The zero-order chi connectivity index (χ0) is 9.14. The van der Waals surface area contributed by atoms with E-state index >= 15 is 0 Å². The quantitative estimate of drug-likeness (QED) is 0.492. The summed E-state index contributed by atoms with van der Waals surface area (Å²) in [6.07, 6.45) is -1.42. The molecule has 2 unspecified atom stereocenters. The number of nitrogens with one attached hydrogen (secondary N) is 1. The smallest absolute Gasteiger partial charge is 0.407 e. The molecule has 2 atom stereocenters. The Morgan fingerprint density at radius 1 is 1.75 bits per heavy atom. The van der Waals surface area contributed by atoms with Gasteiger partial charge in [0.2, 0.25) is 0 Å². The van der Waals surface area contributed by atoms with Crippen molar-refractivity contribution in [3.63, 3.8) is 0 Å². The Bertz CT molecular complexity index is 172. The van der Waals surface area contributed by atoms with Crippen LogP contribution in [0, 0.1) is 0 Å². The van der Waals surface area contributed by atoms with Crippen LogP contribution in [0.25, 0.3) is 0 Å². The lowest BCUT2D eigenvalue weighted by Gasteiger charge is -2.33. The van der Waals surface area contributed by atoms with Gasteiger partial charge in [-0.25, -0.2) is 4.79 Å². The van der Waals surface area contributed by atoms with E-state index in [1.54, 1.807) is 6.92 Å². The molecule has 1 rings (SSSR count). The first-order chi connectivity index (χ1) is 5.61. The van der Waals surface area contributed by atoms with Crippen molar-refractivity contribution in [3.05, 3.63) is 0 Å². The SMILES string of the molecule is CC(O)C1CN(C(=O)O)CCN1. The average Bonchev–Trinajstić information content (AvgIpc) is 2.04. The van der Waals surface area contributed by atoms with Crippen molar-refractivity contribution >= 4 is 6.09 Å². The van der Waals surface area contributed by atoms with Gasteiger partial charge in [-0.2, -0.15) is 0 Å². The highest BCUT2D eigenvalue weighted by molar-refractivity contribution is 5.65. The van der Waals surface area contributed by atoms with Crippen molar-refractivity contribution in [2.45, 2.75) is 19.1 Å². The number of hydrogen-bond acceptors (Lipinski definition) is 3. The Hall–Kier alpha value is -0.810. The second kappa shape index (κ2) is 3.73. The molecule has 0 aliphatic carbocycles. The Balaban J connectivity index is 2.46. The van der Waals surface area contributed by atoms with Gasteiger partial charge in [0.05, 0.1) is 12.1 Å². The second-order valence-electron chi connectivity index (χ2n) is 3.03.